The number of nitrogens with zero attached hydrogens (tertiary/aromatic N) is 4. The zero-order valence-electron chi connectivity index (χ0n) is 13.8. The molecule has 6 heteroatoms. The van der Waals surface area contributed by atoms with Crippen LogP contribution in [0.2, 0.25) is 0 Å². The standard InChI is InChI=1S/C17H24N4O2/c1-13-16(11-21-8-4-5-14(10-21)12-22)17(20(2)19-13)23-15-6-3-7-18-9-15/h3,6-7,9,14,22H,4-5,8,10-12H2,1-2H3. The summed E-state index contributed by atoms with van der Waals surface area (Å²) in [5, 5.41) is 13.9. The Morgan fingerprint density at radius 1 is 1.43 bits per heavy atom. The maximum atomic E-state index is 9.41. The summed E-state index contributed by atoms with van der Waals surface area (Å²) in [6.07, 6.45) is 5.67. The van der Waals surface area contributed by atoms with Crippen LogP contribution in [0.1, 0.15) is 24.1 Å². The van der Waals surface area contributed by atoms with Crippen molar-refractivity contribution >= 4 is 0 Å². The maximum absolute atomic E-state index is 9.41. The first kappa shape index (κ1) is 16.0. The van der Waals surface area contributed by atoms with E-state index in [-0.39, 0.29) is 6.61 Å². The Kier molecular flexibility index (Phi) is 4.93. The van der Waals surface area contributed by atoms with E-state index in [0.29, 0.717) is 11.7 Å². The van der Waals surface area contributed by atoms with Crippen LogP contribution < -0.4 is 4.74 Å². The van der Waals surface area contributed by atoms with Crippen LogP contribution in [0.4, 0.5) is 0 Å². The van der Waals surface area contributed by atoms with Crippen molar-refractivity contribution in [2.75, 3.05) is 19.7 Å². The van der Waals surface area contributed by atoms with Crippen molar-refractivity contribution in [1.82, 2.24) is 19.7 Å². The zero-order valence-corrected chi connectivity index (χ0v) is 13.8. The third kappa shape index (κ3) is 3.71. The number of hydrogen-bond donors (Lipinski definition) is 1. The summed E-state index contributed by atoms with van der Waals surface area (Å²) >= 11 is 0. The van der Waals surface area contributed by atoms with Gasteiger partial charge >= 0.3 is 0 Å². The molecule has 0 bridgehead atoms. The minimum atomic E-state index is 0.265. The Morgan fingerprint density at radius 2 is 2.30 bits per heavy atom. The Morgan fingerprint density at radius 3 is 3.04 bits per heavy atom. The molecule has 23 heavy (non-hydrogen) atoms. The van der Waals surface area contributed by atoms with Crippen LogP contribution >= 0.6 is 0 Å². The van der Waals surface area contributed by atoms with E-state index < -0.39 is 0 Å². The van der Waals surface area contributed by atoms with Crippen molar-refractivity contribution < 1.29 is 9.84 Å². The van der Waals surface area contributed by atoms with Gasteiger partial charge in [0, 0.05) is 32.9 Å². The van der Waals surface area contributed by atoms with Crippen LogP contribution in [0, 0.1) is 12.8 Å². The molecule has 1 fully saturated rings. The molecule has 0 amide bonds. The summed E-state index contributed by atoms with van der Waals surface area (Å²) in [4.78, 5) is 6.47. The minimum Gasteiger partial charge on any atom is -0.437 e. The molecule has 3 rings (SSSR count). The van der Waals surface area contributed by atoms with Crippen molar-refractivity contribution in [3.05, 3.63) is 35.8 Å². The minimum absolute atomic E-state index is 0.265. The first-order valence-electron chi connectivity index (χ1n) is 8.11. The SMILES string of the molecule is Cc1nn(C)c(Oc2cccnc2)c1CN1CCCC(CO)C1. The molecule has 1 aliphatic rings. The van der Waals surface area contributed by atoms with E-state index in [1.165, 1.54) is 0 Å². The van der Waals surface area contributed by atoms with E-state index in [1.54, 1.807) is 17.1 Å². The van der Waals surface area contributed by atoms with Gasteiger partial charge in [-0.1, -0.05) is 0 Å². The molecule has 1 aliphatic heterocycles. The van der Waals surface area contributed by atoms with Crippen molar-refractivity contribution in [2.24, 2.45) is 13.0 Å². The van der Waals surface area contributed by atoms with Crippen LogP contribution in [0.5, 0.6) is 11.6 Å². The van der Waals surface area contributed by atoms with E-state index in [2.05, 4.69) is 15.0 Å². The second-order valence-electron chi connectivity index (χ2n) is 6.21. The lowest BCUT2D eigenvalue weighted by Gasteiger charge is -2.31. The number of hydrogen-bond acceptors (Lipinski definition) is 5. The molecule has 1 N–H and O–H groups in total. The first-order chi connectivity index (χ1) is 11.2. The van der Waals surface area contributed by atoms with Crippen LogP contribution in [0.25, 0.3) is 0 Å². The predicted octanol–water partition coefficient (Wildman–Crippen LogP) is 2.12. The summed E-state index contributed by atoms with van der Waals surface area (Å²) in [6, 6.07) is 3.75. The van der Waals surface area contributed by atoms with Gasteiger partial charge in [-0.15, -0.1) is 0 Å². The summed E-state index contributed by atoms with van der Waals surface area (Å²) < 4.78 is 7.80. The monoisotopic (exact) mass is 316 g/mol. The van der Waals surface area contributed by atoms with E-state index >= 15 is 0 Å². The number of aliphatic hydroxyl groups excluding tert-OH is 1. The fourth-order valence-electron chi connectivity index (χ4n) is 3.18. The summed E-state index contributed by atoms with van der Waals surface area (Å²) in [6.45, 7) is 5.06. The zero-order chi connectivity index (χ0) is 16.2. The average molecular weight is 316 g/mol. The second kappa shape index (κ2) is 7.10. The first-order valence-corrected chi connectivity index (χ1v) is 8.11. The number of likely N-dealkylation sites (tertiary alicyclic amines) is 1. The summed E-state index contributed by atoms with van der Waals surface area (Å²) in [5.74, 6) is 1.86. The van der Waals surface area contributed by atoms with Gasteiger partial charge in [-0.25, -0.2) is 4.68 Å². The van der Waals surface area contributed by atoms with Gasteiger partial charge in [0.1, 0.15) is 5.75 Å². The fourth-order valence-corrected chi connectivity index (χ4v) is 3.18. The number of aryl methyl sites for hydroxylation is 2. The van der Waals surface area contributed by atoms with Gasteiger partial charge in [0.15, 0.2) is 0 Å². The highest BCUT2D eigenvalue weighted by Crippen LogP contribution is 2.29. The van der Waals surface area contributed by atoms with E-state index in [1.807, 2.05) is 26.1 Å². The molecular weight excluding hydrogens is 292 g/mol. The Labute approximate surface area is 136 Å². The van der Waals surface area contributed by atoms with Crippen LogP contribution in [-0.4, -0.2) is 44.5 Å². The molecule has 2 aromatic heterocycles. The Hall–Kier alpha value is -1.92. The van der Waals surface area contributed by atoms with Crippen molar-refractivity contribution in [3.8, 4) is 11.6 Å². The number of piperidine rings is 1. The van der Waals surface area contributed by atoms with Crippen molar-refractivity contribution in [1.29, 1.82) is 0 Å². The molecule has 0 spiro atoms. The highest BCUT2D eigenvalue weighted by molar-refractivity contribution is 5.34. The molecule has 1 atom stereocenters. The van der Waals surface area contributed by atoms with Gasteiger partial charge < -0.3 is 9.84 Å². The number of aromatic nitrogens is 3. The van der Waals surface area contributed by atoms with Crippen LogP contribution in [0.15, 0.2) is 24.5 Å². The molecule has 3 heterocycles. The Bertz CT molecular complexity index is 642. The van der Waals surface area contributed by atoms with Gasteiger partial charge in [0.05, 0.1) is 17.5 Å². The number of aliphatic hydroxyl groups is 1. The molecule has 124 valence electrons. The Balaban J connectivity index is 1.79. The normalized spacial score (nSPS) is 19.0. The van der Waals surface area contributed by atoms with Gasteiger partial charge in [-0.3, -0.25) is 9.88 Å². The molecule has 1 saturated heterocycles. The van der Waals surface area contributed by atoms with Crippen molar-refractivity contribution in [2.45, 2.75) is 26.3 Å². The quantitative estimate of drug-likeness (QED) is 0.915. The fraction of sp³-hybridized carbons (Fsp3) is 0.529. The van der Waals surface area contributed by atoms with E-state index in [0.717, 1.165) is 49.6 Å². The molecule has 0 aliphatic carbocycles. The molecular formula is C17H24N4O2. The lowest BCUT2D eigenvalue weighted by molar-refractivity contribution is 0.115. The molecule has 0 radical (unpaired) electrons. The number of pyridine rings is 1. The third-order valence-electron chi connectivity index (χ3n) is 4.38. The average Bonchev–Trinajstić information content (AvgIpc) is 2.83. The molecule has 2 aromatic rings. The largest absolute Gasteiger partial charge is 0.437 e. The van der Waals surface area contributed by atoms with Crippen LogP contribution in [0.3, 0.4) is 0 Å². The lowest BCUT2D eigenvalue weighted by atomic mass is 9.98. The van der Waals surface area contributed by atoms with E-state index in [4.69, 9.17) is 4.74 Å². The summed E-state index contributed by atoms with van der Waals surface area (Å²) in [7, 11) is 1.90. The molecule has 6 nitrogen and oxygen atoms in total. The van der Waals surface area contributed by atoms with Gasteiger partial charge in [0.2, 0.25) is 5.88 Å². The molecule has 0 aromatic carbocycles. The topological polar surface area (TPSA) is 63.4 Å². The summed E-state index contributed by atoms with van der Waals surface area (Å²) in [5.41, 5.74) is 2.09. The number of rotatable bonds is 5. The maximum Gasteiger partial charge on any atom is 0.222 e. The predicted molar refractivity (Wildman–Crippen MR) is 87.3 cm³/mol. The third-order valence-corrected chi connectivity index (χ3v) is 4.38. The lowest BCUT2D eigenvalue weighted by Crippen LogP contribution is -2.36. The van der Waals surface area contributed by atoms with E-state index in [9.17, 15) is 5.11 Å². The second-order valence-corrected chi connectivity index (χ2v) is 6.21. The highest BCUT2D eigenvalue weighted by atomic mass is 16.5. The van der Waals surface area contributed by atoms with Crippen molar-refractivity contribution in [3.63, 3.8) is 0 Å². The van der Waals surface area contributed by atoms with Gasteiger partial charge in [0.25, 0.3) is 0 Å². The number of ether oxygens (including phenoxy) is 1. The smallest absolute Gasteiger partial charge is 0.222 e. The van der Waals surface area contributed by atoms with Gasteiger partial charge in [-0.05, 0) is 44.4 Å². The van der Waals surface area contributed by atoms with Gasteiger partial charge in [-0.2, -0.15) is 5.10 Å². The molecule has 0 saturated carbocycles. The molecule has 1 unspecified atom stereocenters. The van der Waals surface area contributed by atoms with Crippen LogP contribution in [-0.2, 0) is 13.6 Å². The highest BCUT2D eigenvalue weighted by Gasteiger charge is 2.23.